The van der Waals surface area contributed by atoms with Gasteiger partial charge in [-0.15, -0.1) is 0 Å². The van der Waals surface area contributed by atoms with E-state index in [0.29, 0.717) is 24.3 Å². The summed E-state index contributed by atoms with van der Waals surface area (Å²) in [6.45, 7) is 1.37. The van der Waals surface area contributed by atoms with Crippen LogP contribution in [-0.4, -0.2) is 25.8 Å². The molecule has 2 aromatic carbocycles. The molecule has 4 nitrogen and oxygen atoms in total. The molecule has 3 rings (SSSR count). The second-order valence-electron chi connectivity index (χ2n) is 6.09. The summed E-state index contributed by atoms with van der Waals surface area (Å²) in [7, 11) is -3.50. The Kier molecular flexibility index (Phi) is 5.34. The molecule has 1 aliphatic rings. The minimum atomic E-state index is -3.50. The molecule has 1 heterocycles. The third kappa shape index (κ3) is 4.16. The number of anilines is 1. The lowest BCUT2D eigenvalue weighted by molar-refractivity contribution is 0.346. The molecule has 25 heavy (non-hydrogen) atoms. The number of hydrogen-bond acceptors (Lipinski definition) is 3. The first-order valence-corrected chi connectivity index (χ1v) is 9.69. The van der Waals surface area contributed by atoms with E-state index in [4.69, 9.17) is 0 Å². The number of nitrogens with one attached hydrogen (secondary N) is 1. The minimum Gasteiger partial charge on any atom is -0.381 e. The monoisotopic (exact) mass is 366 g/mol. The molecule has 0 unspecified atom stereocenters. The van der Waals surface area contributed by atoms with Gasteiger partial charge in [0.2, 0.25) is 10.0 Å². The van der Waals surface area contributed by atoms with Gasteiger partial charge in [0.15, 0.2) is 11.6 Å². The Bertz CT molecular complexity index is 850. The van der Waals surface area contributed by atoms with E-state index in [9.17, 15) is 17.2 Å². The maximum Gasteiger partial charge on any atom is 0.243 e. The molecule has 1 fully saturated rings. The van der Waals surface area contributed by atoms with Crippen molar-refractivity contribution in [2.24, 2.45) is 0 Å². The van der Waals surface area contributed by atoms with Crippen LogP contribution in [0.5, 0.6) is 0 Å². The summed E-state index contributed by atoms with van der Waals surface area (Å²) in [5, 5.41) is 3.05. The Balaban J connectivity index is 1.73. The molecular formula is C18H20F2N2O2S. The highest BCUT2D eigenvalue weighted by Gasteiger charge is 2.25. The van der Waals surface area contributed by atoms with Gasteiger partial charge < -0.3 is 5.32 Å². The van der Waals surface area contributed by atoms with E-state index in [-0.39, 0.29) is 11.4 Å². The van der Waals surface area contributed by atoms with Gasteiger partial charge in [-0.05, 0) is 48.7 Å². The molecule has 0 bridgehead atoms. The summed E-state index contributed by atoms with van der Waals surface area (Å²) in [6.07, 6.45) is 2.82. The molecule has 1 aliphatic heterocycles. The molecule has 7 heteroatoms. The van der Waals surface area contributed by atoms with E-state index < -0.39 is 21.7 Å². The Labute approximate surface area is 146 Å². The van der Waals surface area contributed by atoms with Gasteiger partial charge in [0.25, 0.3) is 0 Å². The maximum absolute atomic E-state index is 13.2. The first-order valence-electron chi connectivity index (χ1n) is 8.25. The van der Waals surface area contributed by atoms with Gasteiger partial charge in [0.1, 0.15) is 0 Å². The van der Waals surface area contributed by atoms with Gasteiger partial charge in [0.05, 0.1) is 4.90 Å². The lowest BCUT2D eigenvalue weighted by Crippen LogP contribution is -2.35. The van der Waals surface area contributed by atoms with E-state index in [1.165, 1.54) is 10.4 Å². The standard InChI is InChI=1S/C18H20F2N2O2S/c19-17-8-7-14(11-18(17)20)13-21-15-5-4-6-16(12-15)25(23,24)22-9-2-1-3-10-22/h4-8,11-12,21H,1-3,9-10,13H2. The van der Waals surface area contributed by atoms with Crippen molar-refractivity contribution in [3.63, 3.8) is 0 Å². The van der Waals surface area contributed by atoms with Gasteiger partial charge in [-0.25, -0.2) is 17.2 Å². The number of halogens is 2. The Hall–Kier alpha value is -1.99. The first kappa shape index (κ1) is 17.8. The summed E-state index contributed by atoms with van der Waals surface area (Å²) in [6, 6.07) is 10.2. The van der Waals surface area contributed by atoms with Crippen LogP contribution in [0.4, 0.5) is 14.5 Å². The highest BCUT2D eigenvalue weighted by atomic mass is 32.2. The number of sulfonamides is 1. The van der Waals surface area contributed by atoms with Crippen LogP contribution < -0.4 is 5.32 Å². The zero-order valence-corrected chi connectivity index (χ0v) is 14.5. The van der Waals surface area contributed by atoms with E-state index >= 15 is 0 Å². The molecule has 0 spiro atoms. The fourth-order valence-electron chi connectivity index (χ4n) is 2.87. The van der Waals surface area contributed by atoms with Crippen LogP contribution >= 0.6 is 0 Å². The average molecular weight is 366 g/mol. The quantitative estimate of drug-likeness (QED) is 0.877. The zero-order chi connectivity index (χ0) is 17.9. The van der Waals surface area contributed by atoms with Gasteiger partial charge in [0, 0.05) is 25.3 Å². The molecule has 2 aromatic rings. The maximum atomic E-state index is 13.2. The van der Waals surface area contributed by atoms with Gasteiger partial charge in [-0.3, -0.25) is 0 Å². The van der Waals surface area contributed by atoms with Crippen LogP contribution in [0.1, 0.15) is 24.8 Å². The van der Waals surface area contributed by atoms with Crippen LogP contribution in [0.3, 0.4) is 0 Å². The van der Waals surface area contributed by atoms with E-state index in [1.54, 1.807) is 24.3 Å². The SMILES string of the molecule is O=S(=O)(c1cccc(NCc2ccc(F)c(F)c2)c1)N1CCCCC1. The van der Waals surface area contributed by atoms with Crippen LogP contribution in [0.25, 0.3) is 0 Å². The van der Waals surface area contributed by atoms with Crippen LogP contribution in [0.15, 0.2) is 47.4 Å². The smallest absolute Gasteiger partial charge is 0.243 e. The third-order valence-corrected chi connectivity index (χ3v) is 6.16. The molecular weight excluding hydrogens is 346 g/mol. The number of benzene rings is 2. The molecule has 1 saturated heterocycles. The zero-order valence-electron chi connectivity index (χ0n) is 13.7. The third-order valence-electron chi connectivity index (χ3n) is 4.27. The fraction of sp³-hybridized carbons (Fsp3) is 0.333. The second kappa shape index (κ2) is 7.49. The van der Waals surface area contributed by atoms with Crippen molar-refractivity contribution in [1.82, 2.24) is 4.31 Å². The number of piperidine rings is 1. The Morgan fingerprint density at radius 3 is 2.44 bits per heavy atom. The summed E-state index contributed by atoms with van der Waals surface area (Å²) >= 11 is 0. The molecule has 0 atom stereocenters. The summed E-state index contributed by atoms with van der Waals surface area (Å²) in [5.74, 6) is -1.79. The lowest BCUT2D eigenvalue weighted by atomic mass is 10.2. The van der Waals surface area contributed by atoms with E-state index in [2.05, 4.69) is 5.32 Å². The summed E-state index contributed by atoms with van der Waals surface area (Å²) in [4.78, 5) is 0.240. The number of rotatable bonds is 5. The highest BCUT2D eigenvalue weighted by Crippen LogP contribution is 2.23. The van der Waals surface area contributed by atoms with Crippen molar-refractivity contribution in [3.8, 4) is 0 Å². The van der Waals surface area contributed by atoms with Crippen LogP contribution in [0, 0.1) is 11.6 Å². The van der Waals surface area contributed by atoms with Crippen LogP contribution in [0.2, 0.25) is 0 Å². The second-order valence-corrected chi connectivity index (χ2v) is 8.03. The van der Waals surface area contributed by atoms with Crippen molar-refractivity contribution in [2.75, 3.05) is 18.4 Å². The fourth-order valence-corrected chi connectivity index (χ4v) is 4.44. The number of hydrogen-bond donors (Lipinski definition) is 1. The molecule has 0 saturated carbocycles. The van der Waals surface area contributed by atoms with Crippen LogP contribution in [-0.2, 0) is 16.6 Å². The molecule has 0 aromatic heterocycles. The summed E-state index contributed by atoms with van der Waals surface area (Å²) < 4.78 is 53.1. The Morgan fingerprint density at radius 2 is 1.72 bits per heavy atom. The minimum absolute atomic E-state index is 0.240. The highest BCUT2D eigenvalue weighted by molar-refractivity contribution is 7.89. The van der Waals surface area contributed by atoms with Crippen molar-refractivity contribution in [1.29, 1.82) is 0 Å². The van der Waals surface area contributed by atoms with Crippen molar-refractivity contribution in [3.05, 3.63) is 59.7 Å². The van der Waals surface area contributed by atoms with E-state index in [1.807, 2.05) is 0 Å². The van der Waals surface area contributed by atoms with Crippen molar-refractivity contribution < 1.29 is 17.2 Å². The molecule has 134 valence electrons. The summed E-state index contributed by atoms with van der Waals surface area (Å²) in [5.41, 5.74) is 1.19. The number of nitrogens with zero attached hydrogens (tertiary/aromatic N) is 1. The Morgan fingerprint density at radius 1 is 0.960 bits per heavy atom. The first-order chi connectivity index (χ1) is 12.0. The predicted octanol–water partition coefficient (Wildman–Crippen LogP) is 3.75. The average Bonchev–Trinajstić information content (AvgIpc) is 2.64. The van der Waals surface area contributed by atoms with Gasteiger partial charge in [-0.2, -0.15) is 4.31 Å². The topological polar surface area (TPSA) is 49.4 Å². The largest absolute Gasteiger partial charge is 0.381 e. The van der Waals surface area contributed by atoms with Gasteiger partial charge >= 0.3 is 0 Å². The van der Waals surface area contributed by atoms with Crippen molar-refractivity contribution in [2.45, 2.75) is 30.7 Å². The molecule has 0 aliphatic carbocycles. The molecule has 1 N–H and O–H groups in total. The predicted molar refractivity (Wildman–Crippen MR) is 92.7 cm³/mol. The normalized spacial score (nSPS) is 15.9. The van der Waals surface area contributed by atoms with E-state index in [0.717, 1.165) is 31.4 Å². The molecule has 0 amide bonds. The molecule has 0 radical (unpaired) electrons. The lowest BCUT2D eigenvalue weighted by Gasteiger charge is -2.26. The van der Waals surface area contributed by atoms with Crippen molar-refractivity contribution >= 4 is 15.7 Å². The van der Waals surface area contributed by atoms with Gasteiger partial charge in [-0.1, -0.05) is 18.6 Å².